The Labute approximate surface area is 227 Å². The van der Waals surface area contributed by atoms with Crippen LogP contribution >= 0.6 is 0 Å². The molecule has 7 rings (SSSR count). The maximum atomic E-state index is 12.8. The topological polar surface area (TPSA) is 58.6 Å². The molecular weight excluding hydrogens is 482 g/mol. The molecule has 0 unspecified atom stereocenters. The number of rotatable bonds is 7. The van der Waals surface area contributed by atoms with E-state index >= 15 is 0 Å². The van der Waals surface area contributed by atoms with E-state index in [1.54, 1.807) is 0 Å². The van der Waals surface area contributed by atoms with E-state index in [0.717, 1.165) is 6.42 Å². The molecule has 2 N–H and O–H groups in total. The first-order valence-corrected chi connectivity index (χ1v) is 13.6. The summed E-state index contributed by atoms with van der Waals surface area (Å²) < 4.78 is 5.71. The van der Waals surface area contributed by atoms with Crippen molar-refractivity contribution in [3.05, 3.63) is 120 Å². The van der Waals surface area contributed by atoms with Gasteiger partial charge in [0, 0.05) is 5.92 Å². The molecule has 0 radical (unpaired) electrons. The van der Waals surface area contributed by atoms with Crippen LogP contribution in [0.4, 0.5) is 4.79 Å². The molecule has 0 aromatic heterocycles. The minimum Gasteiger partial charge on any atom is -0.449 e. The lowest BCUT2D eigenvalue weighted by Gasteiger charge is -2.19. The van der Waals surface area contributed by atoms with E-state index in [0.29, 0.717) is 6.42 Å². The van der Waals surface area contributed by atoms with E-state index in [9.17, 15) is 9.90 Å². The minimum absolute atomic E-state index is 0.00734. The highest BCUT2D eigenvalue weighted by molar-refractivity contribution is 6.23. The summed E-state index contributed by atoms with van der Waals surface area (Å²) in [5, 5.41) is 20.5. The van der Waals surface area contributed by atoms with Crippen molar-refractivity contribution in [2.75, 3.05) is 13.2 Å². The maximum Gasteiger partial charge on any atom is 0.407 e. The van der Waals surface area contributed by atoms with Crippen LogP contribution in [0, 0.1) is 0 Å². The van der Waals surface area contributed by atoms with E-state index in [-0.39, 0.29) is 25.2 Å². The van der Waals surface area contributed by atoms with Crippen LogP contribution in [0.1, 0.15) is 29.0 Å². The van der Waals surface area contributed by atoms with Gasteiger partial charge in [0.1, 0.15) is 6.61 Å². The van der Waals surface area contributed by atoms with Crippen LogP contribution < -0.4 is 5.32 Å². The zero-order chi connectivity index (χ0) is 26.3. The lowest BCUT2D eigenvalue weighted by molar-refractivity contribution is 0.131. The van der Waals surface area contributed by atoms with Gasteiger partial charge in [0.25, 0.3) is 0 Å². The van der Waals surface area contributed by atoms with Crippen molar-refractivity contribution in [1.29, 1.82) is 0 Å². The quantitative estimate of drug-likeness (QED) is 0.219. The van der Waals surface area contributed by atoms with Gasteiger partial charge in [-0.3, -0.25) is 0 Å². The van der Waals surface area contributed by atoms with E-state index in [1.165, 1.54) is 60.1 Å². The molecule has 0 saturated heterocycles. The minimum atomic E-state index is -0.494. The van der Waals surface area contributed by atoms with Gasteiger partial charge in [-0.1, -0.05) is 103 Å². The van der Waals surface area contributed by atoms with E-state index in [4.69, 9.17) is 4.74 Å². The number of benzene rings is 6. The summed E-state index contributed by atoms with van der Waals surface area (Å²) in [5.74, 6) is 0.00734. The van der Waals surface area contributed by atoms with Gasteiger partial charge in [-0.15, -0.1) is 0 Å². The van der Waals surface area contributed by atoms with Gasteiger partial charge >= 0.3 is 6.09 Å². The molecule has 4 heteroatoms. The Morgan fingerprint density at radius 2 is 1.36 bits per heavy atom. The molecule has 1 amide bonds. The third-order valence-corrected chi connectivity index (χ3v) is 8.27. The third-order valence-electron chi connectivity index (χ3n) is 8.27. The maximum absolute atomic E-state index is 12.8. The van der Waals surface area contributed by atoms with Crippen LogP contribution in [0.5, 0.6) is 0 Å². The molecule has 0 heterocycles. The Hall–Kier alpha value is -4.41. The zero-order valence-electron chi connectivity index (χ0n) is 21.6. The summed E-state index contributed by atoms with van der Waals surface area (Å²) in [6.07, 6.45) is 0.861. The highest BCUT2D eigenvalue weighted by atomic mass is 16.5. The second-order valence-electron chi connectivity index (χ2n) is 10.5. The van der Waals surface area contributed by atoms with Gasteiger partial charge in [0.15, 0.2) is 0 Å². The molecule has 1 atom stereocenters. The Bertz CT molecular complexity index is 1760. The van der Waals surface area contributed by atoms with Crippen molar-refractivity contribution in [2.45, 2.75) is 24.8 Å². The molecule has 1 aliphatic rings. The Kier molecular flexibility index (Phi) is 5.90. The number of carbonyl (C=O) groups is 1. The Morgan fingerprint density at radius 3 is 2.05 bits per heavy atom. The summed E-state index contributed by atoms with van der Waals surface area (Å²) in [6.45, 7) is 0.114. The Morgan fingerprint density at radius 1 is 0.744 bits per heavy atom. The number of aryl methyl sites for hydroxylation is 1. The molecule has 0 bridgehead atoms. The van der Waals surface area contributed by atoms with Crippen molar-refractivity contribution in [3.63, 3.8) is 0 Å². The smallest absolute Gasteiger partial charge is 0.407 e. The monoisotopic (exact) mass is 511 g/mol. The summed E-state index contributed by atoms with van der Waals surface area (Å²) in [4.78, 5) is 12.8. The molecular formula is C35H29NO3. The normalized spacial score (nSPS) is 13.6. The zero-order valence-corrected chi connectivity index (χ0v) is 21.6. The first-order chi connectivity index (χ1) is 19.2. The van der Waals surface area contributed by atoms with Crippen molar-refractivity contribution in [1.82, 2.24) is 5.32 Å². The summed E-state index contributed by atoms with van der Waals surface area (Å²) in [6, 6.07) is 35.7. The molecule has 6 aromatic carbocycles. The lowest BCUT2D eigenvalue weighted by atomic mass is 9.90. The third kappa shape index (κ3) is 4.08. The van der Waals surface area contributed by atoms with Crippen LogP contribution in [-0.4, -0.2) is 30.5 Å². The molecule has 1 aliphatic carbocycles. The second kappa shape index (κ2) is 9.72. The van der Waals surface area contributed by atoms with Crippen molar-refractivity contribution < 1.29 is 14.6 Å². The standard InChI is InChI=1S/C35H29NO3/c37-20-26(36-35(38)39-21-32-30-10-3-1-8-28(30)29-9-2-4-11-31(29)32)18-16-22-12-13-25-15-14-23-6-5-7-24-17-19-27(22)34(25)33(23)24/h1-15,17,19,26,32,37H,16,18,20-21H2,(H,36,38)/t26-/m0/s1. The SMILES string of the molecule is O=C(N[C@H](CO)CCc1ccc2ccc3cccc4ccc1c2c34)OCC1c2ccccc2-c2ccccc21. The molecule has 0 fully saturated rings. The fourth-order valence-corrected chi connectivity index (χ4v) is 6.36. The van der Waals surface area contributed by atoms with Crippen LogP contribution in [-0.2, 0) is 11.2 Å². The summed E-state index contributed by atoms with van der Waals surface area (Å²) in [5.41, 5.74) is 5.97. The van der Waals surface area contributed by atoms with Crippen molar-refractivity contribution in [3.8, 4) is 11.1 Å². The average molecular weight is 512 g/mol. The second-order valence-corrected chi connectivity index (χ2v) is 10.5. The number of ether oxygens (including phenoxy) is 1. The number of amides is 1. The van der Waals surface area contributed by atoms with E-state index in [2.05, 4.69) is 84.2 Å². The number of aliphatic hydroxyl groups excluding tert-OH is 1. The molecule has 0 aliphatic heterocycles. The predicted octanol–water partition coefficient (Wildman–Crippen LogP) is 7.42. The molecule has 192 valence electrons. The van der Waals surface area contributed by atoms with E-state index in [1.807, 2.05) is 24.3 Å². The van der Waals surface area contributed by atoms with Gasteiger partial charge in [0.2, 0.25) is 0 Å². The number of aliphatic hydroxyl groups is 1. The number of hydrogen-bond donors (Lipinski definition) is 2. The largest absolute Gasteiger partial charge is 0.449 e. The average Bonchev–Trinajstić information content (AvgIpc) is 3.31. The summed E-state index contributed by atoms with van der Waals surface area (Å²) >= 11 is 0. The number of alkyl carbamates (subject to hydrolysis) is 1. The summed E-state index contributed by atoms with van der Waals surface area (Å²) in [7, 11) is 0. The Balaban J connectivity index is 1.05. The first kappa shape index (κ1) is 23.7. The first-order valence-electron chi connectivity index (χ1n) is 13.6. The van der Waals surface area contributed by atoms with E-state index < -0.39 is 6.09 Å². The van der Waals surface area contributed by atoms with Crippen LogP contribution in [0.3, 0.4) is 0 Å². The molecule has 6 aromatic rings. The van der Waals surface area contributed by atoms with Gasteiger partial charge in [-0.2, -0.15) is 0 Å². The predicted molar refractivity (Wildman–Crippen MR) is 158 cm³/mol. The lowest BCUT2D eigenvalue weighted by Crippen LogP contribution is -2.38. The number of fused-ring (bicyclic) bond motifs is 3. The van der Waals surface area contributed by atoms with Gasteiger partial charge < -0.3 is 15.2 Å². The highest BCUT2D eigenvalue weighted by Crippen LogP contribution is 2.44. The van der Waals surface area contributed by atoms with Crippen LogP contribution in [0.25, 0.3) is 43.4 Å². The van der Waals surface area contributed by atoms with Gasteiger partial charge in [-0.05, 0) is 73.0 Å². The molecule has 0 spiro atoms. The van der Waals surface area contributed by atoms with Crippen LogP contribution in [0.2, 0.25) is 0 Å². The molecule has 0 saturated carbocycles. The molecule has 39 heavy (non-hydrogen) atoms. The number of carbonyl (C=O) groups excluding carboxylic acids is 1. The van der Waals surface area contributed by atoms with Gasteiger partial charge in [-0.25, -0.2) is 4.79 Å². The number of hydrogen-bond acceptors (Lipinski definition) is 3. The molecule has 4 nitrogen and oxygen atoms in total. The van der Waals surface area contributed by atoms with Gasteiger partial charge in [0.05, 0.1) is 12.6 Å². The van der Waals surface area contributed by atoms with Crippen molar-refractivity contribution in [2.24, 2.45) is 0 Å². The van der Waals surface area contributed by atoms with Crippen LogP contribution in [0.15, 0.2) is 103 Å². The fraction of sp³-hybridized carbons (Fsp3) is 0.171. The number of nitrogens with one attached hydrogen (secondary N) is 1. The fourth-order valence-electron chi connectivity index (χ4n) is 6.36. The highest BCUT2D eigenvalue weighted by Gasteiger charge is 2.29. The van der Waals surface area contributed by atoms with Crippen molar-refractivity contribution >= 4 is 38.4 Å².